The van der Waals surface area contributed by atoms with Gasteiger partial charge in [-0.25, -0.2) is 18.2 Å². The summed E-state index contributed by atoms with van der Waals surface area (Å²) in [5, 5.41) is 0. The minimum absolute atomic E-state index is 0.158. The molecule has 9 heteroatoms. The van der Waals surface area contributed by atoms with E-state index in [1.54, 1.807) is 24.7 Å². The van der Waals surface area contributed by atoms with Crippen LogP contribution in [0.25, 0.3) is 11.3 Å². The Morgan fingerprint density at radius 2 is 2.06 bits per heavy atom. The summed E-state index contributed by atoms with van der Waals surface area (Å²) in [7, 11) is -3.26. The van der Waals surface area contributed by atoms with Gasteiger partial charge in [-0.2, -0.15) is 4.31 Å². The van der Waals surface area contributed by atoms with Gasteiger partial charge in [0.05, 0.1) is 25.2 Å². The van der Waals surface area contributed by atoms with E-state index in [0.717, 1.165) is 18.4 Å². The van der Waals surface area contributed by atoms with Crippen LogP contribution in [-0.2, 0) is 28.6 Å². The maximum absolute atomic E-state index is 12.6. The molecule has 172 valence electrons. The Kier molecular flexibility index (Phi) is 8.10. The number of amides is 1. The fourth-order valence-electron chi connectivity index (χ4n) is 3.35. The van der Waals surface area contributed by atoms with E-state index in [1.165, 1.54) is 0 Å². The van der Waals surface area contributed by atoms with Gasteiger partial charge in [0.1, 0.15) is 11.5 Å². The van der Waals surface area contributed by atoms with E-state index in [-0.39, 0.29) is 12.3 Å². The second-order valence-corrected chi connectivity index (χ2v) is 8.84. The van der Waals surface area contributed by atoms with E-state index < -0.39 is 17.0 Å². The van der Waals surface area contributed by atoms with Crippen molar-refractivity contribution in [2.75, 3.05) is 10.9 Å². The van der Waals surface area contributed by atoms with Crippen LogP contribution in [0.15, 0.2) is 53.5 Å². The van der Waals surface area contributed by atoms with Gasteiger partial charge in [0, 0.05) is 18.0 Å². The van der Waals surface area contributed by atoms with Crippen LogP contribution < -0.4 is 4.31 Å². The third kappa shape index (κ3) is 6.00. The zero-order valence-corrected chi connectivity index (χ0v) is 19.5. The number of aromatic nitrogens is 2. The number of carbonyl (C=O) groups is 1. The summed E-state index contributed by atoms with van der Waals surface area (Å²) in [5.74, 6) is 1.57. The lowest BCUT2D eigenvalue weighted by molar-refractivity contribution is 0.156. The number of imidazole rings is 1. The lowest BCUT2D eigenvalue weighted by Gasteiger charge is -2.19. The first-order valence-corrected chi connectivity index (χ1v) is 11.8. The second kappa shape index (κ2) is 11.0. The van der Waals surface area contributed by atoms with Gasteiger partial charge in [0.2, 0.25) is 10.9 Å². The van der Waals surface area contributed by atoms with Crippen molar-refractivity contribution in [1.29, 1.82) is 0 Å². The first kappa shape index (κ1) is 23.6. The molecule has 0 aliphatic heterocycles. The van der Waals surface area contributed by atoms with Crippen molar-refractivity contribution in [1.82, 2.24) is 9.55 Å². The summed E-state index contributed by atoms with van der Waals surface area (Å²) >= 11 is 0. The molecule has 1 amide bonds. The number of benzene rings is 1. The number of hydrogen-bond acceptors (Lipinski definition) is 6. The van der Waals surface area contributed by atoms with Crippen molar-refractivity contribution < 1.29 is 22.4 Å². The fourth-order valence-corrected chi connectivity index (χ4v) is 3.89. The quantitative estimate of drug-likeness (QED) is 0.350. The Balaban J connectivity index is 2.00. The Morgan fingerprint density at radius 3 is 2.72 bits per heavy atom. The van der Waals surface area contributed by atoms with Gasteiger partial charge in [-0.15, -0.1) is 0 Å². The number of carbonyl (C=O) groups excluding carboxylic acids is 1. The molecule has 0 spiro atoms. The Labute approximate surface area is 189 Å². The number of hydrogen-bond donors (Lipinski definition) is 1. The van der Waals surface area contributed by atoms with Crippen molar-refractivity contribution in [3.63, 3.8) is 0 Å². The number of thiol groups is 1. The molecule has 0 N–H and O–H groups in total. The maximum atomic E-state index is 12.6. The molecule has 0 saturated carbocycles. The highest BCUT2D eigenvalue weighted by Crippen LogP contribution is 2.34. The number of rotatable bonds is 10. The zero-order valence-electron chi connectivity index (χ0n) is 18.6. The van der Waals surface area contributed by atoms with E-state index in [1.807, 2.05) is 35.9 Å². The summed E-state index contributed by atoms with van der Waals surface area (Å²) in [6.45, 7) is 6.82. The van der Waals surface area contributed by atoms with Crippen molar-refractivity contribution in [3.8, 4) is 11.3 Å². The van der Waals surface area contributed by atoms with Gasteiger partial charge in [-0.1, -0.05) is 33.3 Å². The van der Waals surface area contributed by atoms with Gasteiger partial charge in [-0.3, -0.25) is 0 Å². The molecule has 0 bridgehead atoms. The normalized spacial score (nSPS) is 11.3. The molecule has 2 aromatic heterocycles. The smallest absolute Gasteiger partial charge is 0.428 e. The maximum Gasteiger partial charge on any atom is 0.428 e. The highest BCUT2D eigenvalue weighted by molar-refractivity contribution is 7.75. The Bertz CT molecular complexity index is 1090. The number of furan rings is 1. The zero-order chi connectivity index (χ0) is 23.1. The number of nitrogens with zero attached hydrogens (tertiary/aromatic N) is 3. The van der Waals surface area contributed by atoms with Gasteiger partial charge >= 0.3 is 6.09 Å². The van der Waals surface area contributed by atoms with E-state index in [0.29, 0.717) is 40.3 Å². The molecule has 2 heterocycles. The standard InChI is InChI=1S/C23H29N3O5S/c1-4-5-12-30-23(27)26(32(28)29)21-8-6-18(13-17(2)3)14-20(21)22-9-7-19(31-22)15-25-11-10-24-16-25/h6-11,14,16-17,32H,4-5,12-13,15H2,1-3H3. The van der Waals surface area contributed by atoms with E-state index in [9.17, 15) is 13.2 Å². The van der Waals surface area contributed by atoms with Crippen LogP contribution in [0, 0.1) is 5.92 Å². The van der Waals surface area contributed by atoms with Gasteiger partial charge in [0.25, 0.3) is 0 Å². The monoisotopic (exact) mass is 459 g/mol. The number of anilines is 1. The topological polar surface area (TPSA) is 94.6 Å². The predicted molar refractivity (Wildman–Crippen MR) is 123 cm³/mol. The molecule has 0 aliphatic rings. The first-order valence-electron chi connectivity index (χ1n) is 10.7. The number of unbranched alkanes of at least 4 members (excludes halogenated alkanes) is 1. The molecular weight excluding hydrogens is 430 g/mol. The molecule has 0 unspecified atom stereocenters. The van der Waals surface area contributed by atoms with Gasteiger partial charge in [-0.05, 0) is 48.6 Å². The first-order chi connectivity index (χ1) is 15.4. The van der Waals surface area contributed by atoms with Crippen molar-refractivity contribution in [2.45, 2.75) is 46.6 Å². The number of ether oxygens (including phenoxy) is 1. The lowest BCUT2D eigenvalue weighted by Crippen LogP contribution is -2.30. The molecule has 0 radical (unpaired) electrons. The van der Waals surface area contributed by atoms with E-state index >= 15 is 0 Å². The van der Waals surface area contributed by atoms with Crippen LogP contribution in [0.2, 0.25) is 0 Å². The summed E-state index contributed by atoms with van der Waals surface area (Å²) in [5.41, 5.74) is 1.75. The van der Waals surface area contributed by atoms with Crippen molar-refractivity contribution in [2.24, 2.45) is 5.92 Å². The highest BCUT2D eigenvalue weighted by atomic mass is 32.2. The van der Waals surface area contributed by atoms with Crippen LogP contribution in [0.5, 0.6) is 0 Å². The van der Waals surface area contributed by atoms with Crippen molar-refractivity contribution >= 4 is 22.7 Å². The molecule has 3 aromatic rings. The largest absolute Gasteiger partial charge is 0.459 e. The van der Waals surface area contributed by atoms with E-state index in [2.05, 4.69) is 18.8 Å². The average Bonchev–Trinajstić information content (AvgIpc) is 3.41. The Morgan fingerprint density at radius 1 is 1.25 bits per heavy atom. The van der Waals surface area contributed by atoms with Gasteiger partial charge in [0.15, 0.2) is 0 Å². The highest BCUT2D eigenvalue weighted by Gasteiger charge is 2.25. The summed E-state index contributed by atoms with van der Waals surface area (Å²) in [6, 6.07) is 8.95. The van der Waals surface area contributed by atoms with Crippen molar-refractivity contribution in [3.05, 3.63) is 60.4 Å². The molecular formula is C23H29N3O5S. The lowest BCUT2D eigenvalue weighted by atomic mass is 9.99. The average molecular weight is 460 g/mol. The van der Waals surface area contributed by atoms with Crippen LogP contribution in [-0.4, -0.2) is 30.7 Å². The SMILES string of the molecule is CCCCOC(=O)N(c1ccc(CC(C)C)cc1-c1ccc(Cn2ccnc2)o1)[SH](=O)=O. The summed E-state index contributed by atoms with van der Waals surface area (Å²) in [4.78, 5) is 16.6. The fraction of sp³-hybridized carbons (Fsp3) is 0.391. The molecule has 32 heavy (non-hydrogen) atoms. The molecule has 0 saturated heterocycles. The summed E-state index contributed by atoms with van der Waals surface area (Å²) in [6.07, 6.45) is 6.57. The van der Waals surface area contributed by atoms with Crippen LogP contribution in [0.4, 0.5) is 10.5 Å². The van der Waals surface area contributed by atoms with Crippen LogP contribution >= 0.6 is 0 Å². The molecule has 0 atom stereocenters. The second-order valence-electron chi connectivity index (χ2n) is 7.97. The Hall–Kier alpha value is -3.07. The van der Waals surface area contributed by atoms with E-state index in [4.69, 9.17) is 9.15 Å². The molecule has 8 nitrogen and oxygen atoms in total. The molecule has 1 aromatic carbocycles. The van der Waals surface area contributed by atoms with Crippen LogP contribution in [0.3, 0.4) is 0 Å². The predicted octanol–water partition coefficient (Wildman–Crippen LogP) is 4.66. The van der Waals surface area contributed by atoms with Crippen LogP contribution in [0.1, 0.15) is 44.9 Å². The molecule has 3 rings (SSSR count). The summed E-state index contributed by atoms with van der Waals surface area (Å²) < 4.78 is 37.9. The van der Waals surface area contributed by atoms with Gasteiger partial charge < -0.3 is 13.7 Å². The third-order valence-electron chi connectivity index (χ3n) is 4.82. The molecule has 0 fully saturated rings. The minimum Gasteiger partial charge on any atom is -0.459 e. The molecule has 0 aliphatic carbocycles. The third-order valence-corrected chi connectivity index (χ3v) is 5.52. The minimum atomic E-state index is -3.26.